The van der Waals surface area contributed by atoms with Crippen molar-refractivity contribution in [3.8, 4) is 10.4 Å². The number of hydrogen-bond donors (Lipinski definition) is 2. The van der Waals surface area contributed by atoms with Crippen molar-refractivity contribution in [3.63, 3.8) is 0 Å². The Morgan fingerprint density at radius 2 is 2.20 bits per heavy atom. The minimum atomic E-state index is -2.75. The fraction of sp³-hybridized carbons (Fsp3) is 0.412. The lowest BCUT2D eigenvalue weighted by Gasteiger charge is -2.43. The first-order valence-corrected chi connectivity index (χ1v) is 9.13. The number of likely N-dealkylation sites (tertiary alicyclic amines) is 1. The summed E-state index contributed by atoms with van der Waals surface area (Å²) in [6.45, 7) is 1.62. The highest BCUT2D eigenvalue weighted by atomic mass is 32.1. The van der Waals surface area contributed by atoms with E-state index in [1.54, 1.807) is 12.4 Å². The van der Waals surface area contributed by atoms with Crippen LogP contribution in [0.1, 0.15) is 30.1 Å². The molecule has 0 unspecified atom stereocenters. The summed E-state index contributed by atoms with van der Waals surface area (Å²) >= 11 is 1.32. The van der Waals surface area contributed by atoms with Gasteiger partial charge in [-0.05, 0) is 18.1 Å². The van der Waals surface area contributed by atoms with Crippen LogP contribution in [0.25, 0.3) is 20.5 Å². The van der Waals surface area contributed by atoms with Crippen LogP contribution in [0.15, 0.2) is 23.3 Å². The van der Waals surface area contributed by atoms with E-state index in [1.807, 2.05) is 11.0 Å². The molecule has 1 fully saturated rings. The van der Waals surface area contributed by atoms with Gasteiger partial charge in [-0.1, -0.05) is 0 Å². The maximum absolute atomic E-state index is 14.4. The number of aromatic nitrogens is 3. The van der Waals surface area contributed by atoms with Gasteiger partial charge < -0.3 is 4.98 Å². The lowest BCUT2D eigenvalue weighted by molar-refractivity contribution is -0.0527. The zero-order valence-corrected chi connectivity index (χ0v) is 14.1. The van der Waals surface area contributed by atoms with Crippen LogP contribution in [0.2, 0.25) is 0 Å². The van der Waals surface area contributed by atoms with E-state index in [9.17, 15) is 13.6 Å². The number of H-pyrrole nitrogens is 2. The van der Waals surface area contributed by atoms with Crippen LogP contribution < -0.4 is 5.56 Å². The van der Waals surface area contributed by atoms with E-state index in [1.165, 1.54) is 11.3 Å². The Morgan fingerprint density at radius 1 is 1.36 bits per heavy atom. The Hall–Kier alpha value is -2.06. The summed E-state index contributed by atoms with van der Waals surface area (Å²) in [6.07, 6.45) is 3.89. The van der Waals surface area contributed by atoms with Crippen LogP contribution in [-0.4, -0.2) is 39.1 Å². The number of nitrogens with one attached hydrogen (secondary N) is 2. The first kappa shape index (κ1) is 15.2. The molecule has 2 aliphatic rings. The average molecular weight is 362 g/mol. The first-order valence-electron chi connectivity index (χ1n) is 8.31. The molecule has 0 radical (unpaired) electrons. The van der Waals surface area contributed by atoms with Crippen molar-refractivity contribution in [1.29, 1.82) is 0 Å². The molecule has 5 rings (SSSR count). The van der Waals surface area contributed by atoms with E-state index in [0.717, 1.165) is 30.0 Å². The van der Waals surface area contributed by atoms with E-state index in [-0.39, 0.29) is 18.4 Å². The zero-order chi connectivity index (χ0) is 17.2. The summed E-state index contributed by atoms with van der Waals surface area (Å²) in [5.41, 5.74) is 1.94. The molecule has 1 aliphatic heterocycles. The molecule has 0 amide bonds. The highest BCUT2D eigenvalue weighted by Gasteiger charge is 2.44. The molecule has 1 atom stereocenters. The molecule has 8 heteroatoms. The molecule has 1 saturated heterocycles. The van der Waals surface area contributed by atoms with Crippen molar-refractivity contribution in [1.82, 2.24) is 20.1 Å². The molecule has 5 nitrogen and oxygen atoms in total. The molecule has 3 aromatic rings. The van der Waals surface area contributed by atoms with Crippen molar-refractivity contribution in [3.05, 3.63) is 40.1 Å². The van der Waals surface area contributed by atoms with Crippen molar-refractivity contribution in [2.45, 2.75) is 31.2 Å². The molecule has 2 N–H and O–H groups in total. The molecule has 0 spiro atoms. The second-order valence-corrected chi connectivity index (χ2v) is 7.88. The van der Waals surface area contributed by atoms with E-state index in [0.29, 0.717) is 21.3 Å². The van der Waals surface area contributed by atoms with Gasteiger partial charge in [0.1, 0.15) is 4.70 Å². The van der Waals surface area contributed by atoms with Gasteiger partial charge in [-0.25, -0.2) is 8.78 Å². The molecular weight excluding hydrogens is 346 g/mol. The normalized spacial score (nSPS) is 22.7. The number of hydrogen-bond acceptors (Lipinski definition) is 4. The fourth-order valence-corrected chi connectivity index (χ4v) is 4.93. The van der Waals surface area contributed by atoms with Gasteiger partial charge in [-0.15, -0.1) is 11.3 Å². The van der Waals surface area contributed by atoms with Crippen LogP contribution in [0.4, 0.5) is 8.78 Å². The highest BCUT2D eigenvalue weighted by Crippen LogP contribution is 2.45. The lowest BCUT2D eigenvalue weighted by atomic mass is 9.85. The predicted octanol–water partition coefficient (Wildman–Crippen LogP) is 3.31. The predicted molar refractivity (Wildman–Crippen MR) is 92.2 cm³/mol. The summed E-state index contributed by atoms with van der Waals surface area (Å²) < 4.78 is 29.4. The van der Waals surface area contributed by atoms with Gasteiger partial charge in [0, 0.05) is 53.6 Å². The van der Waals surface area contributed by atoms with Crippen molar-refractivity contribution in [2.24, 2.45) is 0 Å². The van der Waals surface area contributed by atoms with Gasteiger partial charge in [0.05, 0.1) is 12.2 Å². The largest absolute Gasteiger partial charge is 0.323 e. The third kappa shape index (κ3) is 2.35. The van der Waals surface area contributed by atoms with Gasteiger partial charge in [-0.2, -0.15) is 5.10 Å². The van der Waals surface area contributed by atoms with Crippen molar-refractivity contribution in [2.75, 3.05) is 13.1 Å². The zero-order valence-electron chi connectivity index (χ0n) is 13.3. The minimum Gasteiger partial charge on any atom is -0.323 e. The van der Waals surface area contributed by atoms with Gasteiger partial charge in [0.2, 0.25) is 0 Å². The highest BCUT2D eigenvalue weighted by molar-refractivity contribution is 7.22. The summed E-state index contributed by atoms with van der Waals surface area (Å²) in [7, 11) is 0. The minimum absolute atomic E-state index is 0.191. The quantitative estimate of drug-likeness (QED) is 0.735. The third-order valence-corrected chi connectivity index (χ3v) is 6.39. The lowest BCUT2D eigenvalue weighted by Crippen LogP contribution is -2.46. The maximum atomic E-state index is 14.4. The number of aromatic amines is 2. The van der Waals surface area contributed by atoms with Crippen LogP contribution in [0, 0.1) is 0 Å². The number of halogens is 2. The number of thiophene rings is 1. The molecule has 0 aromatic carbocycles. The van der Waals surface area contributed by atoms with E-state index in [4.69, 9.17) is 0 Å². The van der Waals surface area contributed by atoms with E-state index < -0.39 is 12.0 Å². The van der Waals surface area contributed by atoms with E-state index in [2.05, 4.69) is 15.2 Å². The Labute approximate surface area is 145 Å². The topological polar surface area (TPSA) is 64.8 Å². The molecule has 4 heterocycles. The van der Waals surface area contributed by atoms with E-state index >= 15 is 0 Å². The second-order valence-electron chi connectivity index (χ2n) is 6.83. The molecule has 25 heavy (non-hydrogen) atoms. The first-order chi connectivity index (χ1) is 12.0. The maximum Gasteiger partial charge on any atom is 0.266 e. The van der Waals surface area contributed by atoms with Gasteiger partial charge in [0.15, 0.2) is 0 Å². The molecule has 3 aromatic heterocycles. The standard InChI is InChI=1S/C17H16F2N4OS/c18-17(19)5-11-10-4-13(9-7-20-21-8-9)25-15(10)16(24)22-14(11)12(6-17)23-2-1-3-23/h4,7-8,12H,1-3,5-6H2,(H,20,21)(H,22,24)/t12-/m1/s1. The van der Waals surface area contributed by atoms with Crippen LogP contribution >= 0.6 is 11.3 Å². The summed E-state index contributed by atoms with van der Waals surface area (Å²) in [6, 6.07) is 1.45. The average Bonchev–Trinajstić information content (AvgIpc) is 3.14. The number of alkyl halides is 2. The third-order valence-electron chi connectivity index (χ3n) is 5.21. The Morgan fingerprint density at radius 3 is 2.88 bits per heavy atom. The summed E-state index contributed by atoms with van der Waals surface area (Å²) in [4.78, 5) is 18.4. The van der Waals surface area contributed by atoms with Crippen LogP contribution in [0.5, 0.6) is 0 Å². The monoisotopic (exact) mass is 362 g/mol. The molecule has 1 aliphatic carbocycles. The molecule has 130 valence electrons. The Bertz CT molecular complexity index is 1000. The summed E-state index contributed by atoms with van der Waals surface area (Å²) in [5.74, 6) is -2.75. The second kappa shape index (κ2) is 5.22. The summed E-state index contributed by atoms with van der Waals surface area (Å²) in [5, 5.41) is 7.33. The smallest absolute Gasteiger partial charge is 0.266 e. The van der Waals surface area contributed by atoms with Gasteiger partial charge in [0.25, 0.3) is 11.5 Å². The number of fused-ring (bicyclic) bond motifs is 3. The molecule has 0 bridgehead atoms. The number of rotatable bonds is 2. The van der Waals surface area contributed by atoms with Crippen molar-refractivity contribution >= 4 is 21.4 Å². The van der Waals surface area contributed by atoms with Crippen LogP contribution in [-0.2, 0) is 6.42 Å². The number of nitrogens with zero attached hydrogens (tertiary/aromatic N) is 2. The molecular formula is C17H16F2N4OS. The molecule has 0 saturated carbocycles. The Kier molecular flexibility index (Phi) is 3.18. The Balaban J connectivity index is 1.74. The van der Waals surface area contributed by atoms with Crippen molar-refractivity contribution < 1.29 is 8.78 Å². The fourth-order valence-electron chi connectivity index (χ4n) is 3.87. The van der Waals surface area contributed by atoms with Gasteiger partial charge in [-0.3, -0.25) is 14.8 Å². The van der Waals surface area contributed by atoms with Gasteiger partial charge >= 0.3 is 0 Å². The van der Waals surface area contributed by atoms with Crippen LogP contribution in [0.3, 0.4) is 0 Å². The SMILES string of the molecule is O=c1[nH]c2c(c3cc(-c4cn[nH]c4)sc13)CC(F)(F)C[C@H]2N1CCC1. The number of pyridine rings is 1.